The Morgan fingerprint density at radius 1 is 0.429 bits per heavy atom. The van der Waals surface area contributed by atoms with Crippen LogP contribution in [-0.4, -0.2) is 0 Å². The van der Waals surface area contributed by atoms with E-state index in [1.165, 1.54) is 60.9 Å². The van der Waals surface area contributed by atoms with Crippen molar-refractivity contribution in [2.45, 2.75) is 19.3 Å². The van der Waals surface area contributed by atoms with Crippen molar-refractivity contribution in [3.05, 3.63) is 288 Å². The molecule has 0 saturated carbocycles. The third-order valence-corrected chi connectivity index (χ3v) is 12.3. The van der Waals surface area contributed by atoms with Gasteiger partial charge in [-0.1, -0.05) is 220 Å². The fourth-order valence-electron chi connectivity index (χ4n) is 9.61. The largest absolute Gasteiger partial charge is 0.310 e. The highest BCUT2D eigenvalue weighted by Crippen LogP contribution is 2.58. The Labute approximate surface area is 372 Å². The van der Waals surface area contributed by atoms with E-state index in [2.05, 4.69) is 274 Å². The van der Waals surface area contributed by atoms with Gasteiger partial charge < -0.3 is 4.90 Å². The molecule has 0 aliphatic heterocycles. The average Bonchev–Trinajstić information content (AvgIpc) is 3.61. The Kier molecular flexibility index (Phi) is 10.8. The molecule has 0 saturated heterocycles. The van der Waals surface area contributed by atoms with E-state index in [1.807, 2.05) is 0 Å². The summed E-state index contributed by atoms with van der Waals surface area (Å²) in [5.41, 5.74) is 16.6. The molecule has 3 aliphatic carbocycles. The van der Waals surface area contributed by atoms with Gasteiger partial charge in [0.25, 0.3) is 0 Å². The molecule has 0 amide bonds. The smallest absolute Gasteiger partial charge is 0.0716 e. The first-order valence-electron chi connectivity index (χ1n) is 22.0. The van der Waals surface area contributed by atoms with Crippen molar-refractivity contribution in [2.24, 2.45) is 5.92 Å². The number of anilines is 2. The first-order chi connectivity index (χ1) is 31.1. The lowest BCUT2D eigenvalue weighted by Gasteiger charge is -2.37. The van der Waals surface area contributed by atoms with Gasteiger partial charge >= 0.3 is 0 Å². The van der Waals surface area contributed by atoms with Crippen molar-refractivity contribution in [2.75, 3.05) is 4.90 Å². The quantitative estimate of drug-likeness (QED) is 0.162. The molecule has 3 aliphatic rings. The molecule has 1 atom stereocenters. The van der Waals surface area contributed by atoms with Crippen molar-refractivity contribution in [1.82, 2.24) is 0 Å². The van der Waals surface area contributed by atoms with Crippen LogP contribution in [0, 0.1) is 5.92 Å². The lowest BCUT2D eigenvalue weighted by molar-refractivity contribution is 0.732. The van der Waals surface area contributed by atoms with Gasteiger partial charge in [0.1, 0.15) is 0 Å². The summed E-state index contributed by atoms with van der Waals surface area (Å²) in [7, 11) is 0. The summed E-state index contributed by atoms with van der Waals surface area (Å²) in [6.07, 6.45) is 33.0. The molecule has 0 radical (unpaired) electrons. The van der Waals surface area contributed by atoms with Gasteiger partial charge in [-0.3, -0.25) is 0 Å². The maximum absolute atomic E-state index is 2.47. The maximum atomic E-state index is 2.47. The van der Waals surface area contributed by atoms with Crippen LogP contribution in [0.3, 0.4) is 0 Å². The predicted molar refractivity (Wildman–Crippen MR) is 270 cm³/mol. The number of fused-ring (bicyclic) bond motifs is 8. The molecule has 63 heavy (non-hydrogen) atoms. The lowest BCUT2D eigenvalue weighted by atomic mass is 9.64. The Hall–Kier alpha value is -7.74. The van der Waals surface area contributed by atoms with Crippen molar-refractivity contribution < 1.29 is 0 Å². The molecule has 302 valence electrons. The van der Waals surface area contributed by atoms with E-state index in [9.17, 15) is 0 Å². The molecular formula is C62H49N. The second-order valence-electron chi connectivity index (χ2n) is 16.7. The Morgan fingerprint density at radius 3 is 1.98 bits per heavy atom. The minimum absolute atomic E-state index is 0.372. The van der Waals surface area contributed by atoms with Gasteiger partial charge in [-0.05, 0) is 126 Å². The Morgan fingerprint density at radius 2 is 1.11 bits per heavy atom. The number of para-hydroxylation sites is 1. The second kappa shape index (κ2) is 17.3. The van der Waals surface area contributed by atoms with Crippen LogP contribution in [0.1, 0.15) is 41.7 Å². The molecule has 7 aromatic rings. The zero-order valence-electron chi connectivity index (χ0n) is 35.8. The van der Waals surface area contributed by atoms with Crippen molar-refractivity contribution in [3.63, 3.8) is 0 Å². The van der Waals surface area contributed by atoms with E-state index in [0.29, 0.717) is 5.92 Å². The number of hydrogen-bond donors (Lipinski definition) is 0. The molecular weight excluding hydrogens is 759 g/mol. The molecule has 0 N–H and O–H groups in total. The second-order valence-corrected chi connectivity index (χ2v) is 16.7. The van der Waals surface area contributed by atoms with E-state index in [0.717, 1.165) is 28.2 Å². The van der Waals surface area contributed by atoms with E-state index in [1.54, 1.807) is 0 Å². The fourth-order valence-corrected chi connectivity index (χ4v) is 9.61. The predicted octanol–water partition coefficient (Wildman–Crippen LogP) is 16.3. The summed E-state index contributed by atoms with van der Waals surface area (Å²) in [6, 6.07) is 59.9. The van der Waals surface area contributed by atoms with Crippen LogP contribution >= 0.6 is 0 Å². The molecule has 1 heteroatoms. The Balaban J connectivity index is 1.01. The zero-order valence-corrected chi connectivity index (χ0v) is 35.8. The SMILES string of the molecule is CC(C)/C=C1/C=C\C=C/c2ccccc2C12c1ccccc1-c1ccc(-c3cccc(C4=C/C=C\C=C/C(N(c5ccccc5)c5ccc6ccccc6c5)=C\C=C\C=C\4)c3)cc12. The average molecular weight is 808 g/mol. The number of rotatable bonds is 6. The molecule has 1 spiro atoms. The standard InChI is InChI=1S/C62H49N/c1-45(2)41-53-29-16-14-24-48-25-15-18-35-59(48)62(53)60-36-19-17-34-57(60)58-40-38-52(44-61(58)62)50-28-20-27-49(42-50)46-21-6-3-8-30-54(31-9-4-7-22-46)63(55-32-10-5-11-33-55)56-39-37-47-23-12-13-26-51(47)43-56/h3-45H,1-2H3/b6-3-,7-4?,8-3?,9-4+,21-6?,22-7+,24-14-,29-16-,30-8-,31-9?,46-21+,46-22?,53-41-,54-30?,54-31+. The van der Waals surface area contributed by atoms with E-state index in [4.69, 9.17) is 0 Å². The molecule has 0 fully saturated rings. The van der Waals surface area contributed by atoms with E-state index >= 15 is 0 Å². The molecule has 0 aromatic heterocycles. The summed E-state index contributed by atoms with van der Waals surface area (Å²) in [5.74, 6) is 0.372. The van der Waals surface area contributed by atoms with E-state index in [-0.39, 0.29) is 0 Å². The highest BCUT2D eigenvalue weighted by Gasteiger charge is 2.47. The third-order valence-electron chi connectivity index (χ3n) is 12.3. The third kappa shape index (κ3) is 7.53. The topological polar surface area (TPSA) is 3.24 Å². The van der Waals surface area contributed by atoms with Crippen LogP contribution in [0.4, 0.5) is 11.4 Å². The summed E-state index contributed by atoms with van der Waals surface area (Å²) in [4.78, 5) is 2.31. The lowest BCUT2D eigenvalue weighted by Crippen LogP contribution is -2.30. The summed E-state index contributed by atoms with van der Waals surface area (Å²) in [6.45, 7) is 4.57. The van der Waals surface area contributed by atoms with Crippen LogP contribution in [0.15, 0.2) is 260 Å². The highest BCUT2D eigenvalue weighted by atomic mass is 15.1. The van der Waals surface area contributed by atoms with Gasteiger partial charge in [0, 0.05) is 17.1 Å². The first-order valence-corrected chi connectivity index (χ1v) is 22.0. The van der Waals surface area contributed by atoms with Gasteiger partial charge in [0.05, 0.1) is 5.41 Å². The van der Waals surface area contributed by atoms with Crippen molar-refractivity contribution >= 4 is 33.8 Å². The number of hydrogen-bond acceptors (Lipinski definition) is 1. The van der Waals surface area contributed by atoms with Gasteiger partial charge in [-0.2, -0.15) is 0 Å². The minimum atomic E-state index is -0.465. The van der Waals surface area contributed by atoms with Crippen LogP contribution in [-0.2, 0) is 5.41 Å². The van der Waals surface area contributed by atoms with Gasteiger partial charge in [0.2, 0.25) is 0 Å². The maximum Gasteiger partial charge on any atom is 0.0716 e. The van der Waals surface area contributed by atoms with Crippen LogP contribution in [0.5, 0.6) is 0 Å². The van der Waals surface area contributed by atoms with Crippen molar-refractivity contribution in [1.29, 1.82) is 0 Å². The molecule has 7 aromatic carbocycles. The first kappa shape index (κ1) is 39.4. The van der Waals surface area contributed by atoms with Crippen LogP contribution < -0.4 is 4.90 Å². The summed E-state index contributed by atoms with van der Waals surface area (Å²) in [5, 5.41) is 2.44. The molecule has 10 rings (SSSR count). The molecule has 1 nitrogen and oxygen atoms in total. The van der Waals surface area contributed by atoms with Gasteiger partial charge in [0.15, 0.2) is 0 Å². The Bertz CT molecular complexity index is 3140. The van der Waals surface area contributed by atoms with E-state index < -0.39 is 5.41 Å². The highest BCUT2D eigenvalue weighted by molar-refractivity contribution is 5.91. The molecule has 0 heterocycles. The summed E-state index contributed by atoms with van der Waals surface area (Å²) >= 11 is 0. The fraction of sp³-hybridized carbons (Fsp3) is 0.0645. The van der Waals surface area contributed by atoms with Crippen LogP contribution in [0.25, 0.3) is 44.7 Å². The van der Waals surface area contributed by atoms with Gasteiger partial charge in [-0.25, -0.2) is 0 Å². The normalized spacial score (nSPS) is 21.8. The minimum Gasteiger partial charge on any atom is -0.310 e. The van der Waals surface area contributed by atoms with Crippen molar-refractivity contribution in [3.8, 4) is 22.3 Å². The monoisotopic (exact) mass is 807 g/mol. The number of benzene rings is 7. The summed E-state index contributed by atoms with van der Waals surface area (Å²) < 4.78 is 0. The zero-order chi connectivity index (χ0) is 42.6. The van der Waals surface area contributed by atoms with Crippen LogP contribution in [0.2, 0.25) is 0 Å². The van der Waals surface area contributed by atoms with Gasteiger partial charge in [-0.15, -0.1) is 0 Å². The molecule has 1 unspecified atom stereocenters. The molecule has 0 bridgehead atoms. The number of nitrogens with zero attached hydrogens (tertiary/aromatic N) is 1. The number of allylic oxidation sites excluding steroid dienone is 16.